The fourth-order valence-electron chi connectivity index (χ4n) is 1.81. The van der Waals surface area contributed by atoms with Crippen molar-refractivity contribution in [3.63, 3.8) is 0 Å². The maximum absolute atomic E-state index is 8.99. The molecule has 0 aliphatic rings. The van der Waals surface area contributed by atoms with E-state index in [1.54, 1.807) is 7.11 Å². The van der Waals surface area contributed by atoms with Crippen molar-refractivity contribution >= 4 is 16.8 Å². The van der Waals surface area contributed by atoms with Crippen LogP contribution in [0.3, 0.4) is 0 Å². The van der Waals surface area contributed by atoms with Crippen LogP contribution in [0.15, 0.2) is 42.5 Å². The van der Waals surface area contributed by atoms with E-state index in [0.29, 0.717) is 0 Å². The summed E-state index contributed by atoms with van der Waals surface area (Å²) in [5.74, 6) is 0.862. The number of hydrogen-bond acceptors (Lipinski definition) is 2. The lowest BCUT2D eigenvalue weighted by Crippen LogP contribution is -2.01. The average molecular weight is 251 g/mol. The minimum absolute atomic E-state index is 0.436. The van der Waals surface area contributed by atoms with Crippen LogP contribution in [-0.2, 0) is 0 Å². The van der Waals surface area contributed by atoms with Gasteiger partial charge in [0, 0.05) is 0 Å². The fraction of sp³-hybridized carbons (Fsp3) is 0.235. The van der Waals surface area contributed by atoms with E-state index < -0.39 is 5.41 Å². The van der Waals surface area contributed by atoms with E-state index in [1.165, 1.54) is 0 Å². The molecule has 2 aromatic rings. The normalized spacial score (nSPS) is 11.7. The predicted octanol–water partition coefficient (Wildman–Crippen LogP) is 4.41. The van der Waals surface area contributed by atoms with Crippen molar-refractivity contribution in [1.82, 2.24) is 0 Å². The lowest BCUT2D eigenvalue weighted by Gasteiger charge is -2.08. The largest absolute Gasteiger partial charge is 0.497 e. The third-order valence-corrected chi connectivity index (χ3v) is 3.05. The van der Waals surface area contributed by atoms with Crippen LogP contribution < -0.4 is 4.74 Å². The molecule has 96 valence electrons. The first kappa shape index (κ1) is 13.2. The molecule has 0 heterocycles. The van der Waals surface area contributed by atoms with Crippen LogP contribution in [0.1, 0.15) is 19.4 Å². The summed E-state index contributed by atoms with van der Waals surface area (Å²) in [6, 6.07) is 14.5. The Morgan fingerprint density at radius 1 is 1.11 bits per heavy atom. The second-order valence-corrected chi connectivity index (χ2v) is 5.14. The number of rotatable bonds is 3. The summed E-state index contributed by atoms with van der Waals surface area (Å²) >= 11 is 0. The summed E-state index contributed by atoms with van der Waals surface area (Å²) in [6.45, 7) is 3.80. The highest BCUT2D eigenvalue weighted by atomic mass is 16.5. The van der Waals surface area contributed by atoms with Gasteiger partial charge in [-0.25, -0.2) is 0 Å². The molecule has 0 unspecified atom stereocenters. The molecule has 2 aromatic carbocycles. The average Bonchev–Trinajstić information content (AvgIpc) is 2.44. The van der Waals surface area contributed by atoms with E-state index in [-0.39, 0.29) is 0 Å². The quantitative estimate of drug-likeness (QED) is 0.809. The van der Waals surface area contributed by atoms with Gasteiger partial charge < -0.3 is 4.74 Å². The minimum Gasteiger partial charge on any atom is -0.497 e. The lowest BCUT2D eigenvalue weighted by molar-refractivity contribution is 0.415. The third kappa shape index (κ3) is 3.14. The van der Waals surface area contributed by atoms with Crippen molar-refractivity contribution in [2.75, 3.05) is 7.11 Å². The number of nitriles is 1. The van der Waals surface area contributed by atoms with Crippen molar-refractivity contribution in [3.05, 3.63) is 48.0 Å². The Bertz CT molecular complexity index is 663. The summed E-state index contributed by atoms with van der Waals surface area (Å²) in [5, 5.41) is 11.3. The minimum atomic E-state index is -0.436. The topological polar surface area (TPSA) is 33.0 Å². The first-order valence-electron chi connectivity index (χ1n) is 6.22. The SMILES string of the molecule is COc1ccc2cc(/C=C/C(C)(C)C#N)ccc2c1. The number of methoxy groups -OCH3 is 1. The van der Waals surface area contributed by atoms with Gasteiger partial charge in [-0.2, -0.15) is 5.26 Å². The predicted molar refractivity (Wildman–Crippen MR) is 78.9 cm³/mol. The van der Waals surface area contributed by atoms with Gasteiger partial charge in [0.05, 0.1) is 18.6 Å². The third-order valence-electron chi connectivity index (χ3n) is 3.05. The van der Waals surface area contributed by atoms with Gasteiger partial charge in [-0.05, 0) is 48.4 Å². The van der Waals surface area contributed by atoms with E-state index in [1.807, 2.05) is 50.3 Å². The molecule has 0 spiro atoms. The van der Waals surface area contributed by atoms with Crippen molar-refractivity contribution in [1.29, 1.82) is 5.26 Å². The fourth-order valence-corrected chi connectivity index (χ4v) is 1.81. The summed E-state index contributed by atoms with van der Waals surface area (Å²) in [6.07, 6.45) is 3.92. The Morgan fingerprint density at radius 2 is 1.79 bits per heavy atom. The Kier molecular flexibility index (Phi) is 3.57. The molecule has 2 heteroatoms. The van der Waals surface area contributed by atoms with Crippen LogP contribution in [-0.4, -0.2) is 7.11 Å². The standard InChI is InChI=1S/C17H17NO/c1-17(2,12-18)9-8-13-4-5-15-11-16(19-3)7-6-14(15)10-13/h4-11H,1-3H3/b9-8+. The maximum Gasteiger partial charge on any atom is 0.119 e. The summed E-state index contributed by atoms with van der Waals surface area (Å²) in [5.41, 5.74) is 0.662. The number of fused-ring (bicyclic) bond motifs is 1. The zero-order chi connectivity index (χ0) is 13.9. The molecule has 0 atom stereocenters. The van der Waals surface area contributed by atoms with Gasteiger partial charge in [-0.1, -0.05) is 30.4 Å². The Labute approximate surface area is 113 Å². The Balaban J connectivity index is 2.35. The highest BCUT2D eigenvalue weighted by molar-refractivity contribution is 5.86. The Morgan fingerprint density at radius 3 is 2.47 bits per heavy atom. The first-order valence-corrected chi connectivity index (χ1v) is 6.22. The van der Waals surface area contributed by atoms with Gasteiger partial charge in [0.25, 0.3) is 0 Å². The lowest BCUT2D eigenvalue weighted by atomic mass is 9.94. The molecule has 0 saturated heterocycles. The molecule has 0 N–H and O–H groups in total. The van der Waals surface area contributed by atoms with Crippen LogP contribution in [0.2, 0.25) is 0 Å². The molecule has 2 nitrogen and oxygen atoms in total. The van der Waals surface area contributed by atoms with Crippen LogP contribution in [0, 0.1) is 16.7 Å². The summed E-state index contributed by atoms with van der Waals surface area (Å²) in [7, 11) is 1.67. The molecule has 0 radical (unpaired) electrons. The van der Waals surface area contributed by atoms with Crippen molar-refractivity contribution in [2.45, 2.75) is 13.8 Å². The van der Waals surface area contributed by atoms with Crippen LogP contribution in [0.5, 0.6) is 5.75 Å². The molecule has 0 aliphatic heterocycles. The van der Waals surface area contributed by atoms with Crippen molar-refractivity contribution in [2.24, 2.45) is 5.41 Å². The van der Waals surface area contributed by atoms with E-state index in [9.17, 15) is 0 Å². The monoisotopic (exact) mass is 251 g/mol. The molecule has 0 aromatic heterocycles. The molecular formula is C17H17NO. The Hall–Kier alpha value is -2.27. The zero-order valence-electron chi connectivity index (χ0n) is 11.5. The zero-order valence-corrected chi connectivity index (χ0v) is 11.5. The van der Waals surface area contributed by atoms with Crippen LogP contribution in [0.4, 0.5) is 0 Å². The van der Waals surface area contributed by atoms with Crippen LogP contribution in [0.25, 0.3) is 16.8 Å². The van der Waals surface area contributed by atoms with E-state index >= 15 is 0 Å². The first-order chi connectivity index (χ1) is 9.04. The van der Waals surface area contributed by atoms with Gasteiger partial charge in [-0.3, -0.25) is 0 Å². The highest BCUT2D eigenvalue weighted by Gasteiger charge is 2.10. The molecule has 0 fully saturated rings. The van der Waals surface area contributed by atoms with Gasteiger partial charge >= 0.3 is 0 Å². The molecular weight excluding hydrogens is 234 g/mol. The number of nitrogens with zero attached hydrogens (tertiary/aromatic N) is 1. The maximum atomic E-state index is 8.99. The van der Waals surface area contributed by atoms with Gasteiger partial charge in [0.15, 0.2) is 0 Å². The number of hydrogen-bond donors (Lipinski definition) is 0. The number of allylic oxidation sites excluding steroid dienone is 1. The van der Waals surface area contributed by atoms with E-state index in [2.05, 4.69) is 18.2 Å². The van der Waals surface area contributed by atoms with Gasteiger partial charge in [-0.15, -0.1) is 0 Å². The summed E-state index contributed by atoms with van der Waals surface area (Å²) < 4.78 is 5.21. The second kappa shape index (κ2) is 5.16. The van der Waals surface area contributed by atoms with E-state index in [4.69, 9.17) is 10.00 Å². The molecule has 19 heavy (non-hydrogen) atoms. The smallest absolute Gasteiger partial charge is 0.119 e. The second-order valence-electron chi connectivity index (χ2n) is 5.14. The molecule has 0 bridgehead atoms. The molecule has 0 saturated carbocycles. The van der Waals surface area contributed by atoms with Crippen molar-refractivity contribution < 1.29 is 4.74 Å². The highest BCUT2D eigenvalue weighted by Crippen LogP contribution is 2.23. The number of benzene rings is 2. The molecule has 2 rings (SSSR count). The van der Waals surface area contributed by atoms with Gasteiger partial charge in [0.2, 0.25) is 0 Å². The molecule has 0 amide bonds. The summed E-state index contributed by atoms with van der Waals surface area (Å²) in [4.78, 5) is 0. The number of ether oxygens (including phenoxy) is 1. The van der Waals surface area contributed by atoms with Crippen LogP contribution >= 0.6 is 0 Å². The van der Waals surface area contributed by atoms with Crippen molar-refractivity contribution in [3.8, 4) is 11.8 Å². The van der Waals surface area contributed by atoms with Gasteiger partial charge in [0.1, 0.15) is 5.75 Å². The van der Waals surface area contributed by atoms with E-state index in [0.717, 1.165) is 22.1 Å². The molecule has 0 aliphatic carbocycles.